The Kier molecular flexibility index (Phi) is 3.53. The third-order valence-electron chi connectivity index (χ3n) is 2.56. The molecular formula is C14H10N2O4. The molecule has 0 heterocycles. The van der Waals surface area contributed by atoms with Crippen LogP contribution in [0.1, 0.15) is 11.1 Å². The Morgan fingerprint density at radius 2 is 2.00 bits per heavy atom. The summed E-state index contributed by atoms with van der Waals surface area (Å²) < 4.78 is 5.48. The molecule has 2 aromatic carbocycles. The number of nitro groups is 1. The molecule has 1 N–H and O–H groups in total. The van der Waals surface area contributed by atoms with E-state index in [9.17, 15) is 15.2 Å². The van der Waals surface area contributed by atoms with Crippen molar-refractivity contribution < 1.29 is 14.8 Å². The molecule has 6 heteroatoms. The van der Waals surface area contributed by atoms with E-state index in [1.54, 1.807) is 25.1 Å². The van der Waals surface area contributed by atoms with Crippen LogP contribution in [0.15, 0.2) is 36.4 Å². The third kappa shape index (κ3) is 2.84. The summed E-state index contributed by atoms with van der Waals surface area (Å²) in [4.78, 5) is 10.1. The average Bonchev–Trinajstić information content (AvgIpc) is 2.37. The molecule has 6 nitrogen and oxygen atoms in total. The van der Waals surface area contributed by atoms with Gasteiger partial charge in [0.15, 0.2) is 0 Å². The molecule has 2 aromatic rings. The minimum absolute atomic E-state index is 0.0578. The molecule has 0 aliphatic heterocycles. The first-order chi connectivity index (χ1) is 9.49. The maximum Gasteiger partial charge on any atom is 0.287 e. The van der Waals surface area contributed by atoms with Gasteiger partial charge in [-0.25, -0.2) is 0 Å². The highest BCUT2D eigenvalue weighted by Crippen LogP contribution is 2.29. The van der Waals surface area contributed by atoms with Gasteiger partial charge in [-0.05, 0) is 30.7 Å². The SMILES string of the molecule is Cc1cc(O)cc(Oc2ccc([N+](=O)[O-])c(C#N)c2)c1. The highest BCUT2D eigenvalue weighted by molar-refractivity contribution is 5.53. The van der Waals surface area contributed by atoms with Gasteiger partial charge < -0.3 is 9.84 Å². The number of benzene rings is 2. The molecule has 0 saturated heterocycles. The zero-order valence-electron chi connectivity index (χ0n) is 10.5. The van der Waals surface area contributed by atoms with Crippen LogP contribution in [0.4, 0.5) is 5.69 Å². The number of nitriles is 1. The van der Waals surface area contributed by atoms with Crippen LogP contribution in [0.25, 0.3) is 0 Å². The molecule has 20 heavy (non-hydrogen) atoms. The van der Waals surface area contributed by atoms with Crippen molar-refractivity contribution in [3.63, 3.8) is 0 Å². The Labute approximate surface area is 114 Å². The number of ether oxygens (including phenoxy) is 1. The summed E-state index contributed by atoms with van der Waals surface area (Å²) in [5.41, 5.74) is 0.457. The maximum atomic E-state index is 10.7. The molecule has 0 spiro atoms. The third-order valence-corrected chi connectivity index (χ3v) is 2.56. The van der Waals surface area contributed by atoms with Gasteiger partial charge in [-0.3, -0.25) is 10.1 Å². The quantitative estimate of drug-likeness (QED) is 0.681. The van der Waals surface area contributed by atoms with Crippen molar-refractivity contribution in [2.45, 2.75) is 6.92 Å². The fourth-order valence-corrected chi connectivity index (χ4v) is 1.75. The summed E-state index contributed by atoms with van der Waals surface area (Å²) in [6.45, 7) is 1.79. The molecule has 2 rings (SSSR count). The number of nitro benzene ring substituents is 1. The van der Waals surface area contributed by atoms with E-state index in [4.69, 9.17) is 10.00 Å². The van der Waals surface area contributed by atoms with Crippen molar-refractivity contribution in [3.8, 4) is 23.3 Å². The molecule has 0 amide bonds. The summed E-state index contributed by atoms with van der Waals surface area (Å²) in [5, 5.41) is 29.1. The van der Waals surface area contributed by atoms with Gasteiger partial charge in [-0.15, -0.1) is 0 Å². The minimum atomic E-state index is -0.624. The van der Waals surface area contributed by atoms with Crippen LogP contribution >= 0.6 is 0 Å². The zero-order chi connectivity index (χ0) is 14.7. The summed E-state index contributed by atoms with van der Waals surface area (Å²) in [5.74, 6) is 0.736. The number of hydrogen-bond acceptors (Lipinski definition) is 5. The van der Waals surface area contributed by atoms with Gasteiger partial charge in [0.05, 0.1) is 4.92 Å². The first kappa shape index (κ1) is 13.4. The van der Waals surface area contributed by atoms with Gasteiger partial charge >= 0.3 is 0 Å². The molecule has 0 radical (unpaired) electrons. The average molecular weight is 270 g/mol. The summed E-state index contributed by atoms with van der Waals surface area (Å²) in [7, 11) is 0. The normalized spacial score (nSPS) is 9.80. The van der Waals surface area contributed by atoms with Gasteiger partial charge in [0.2, 0.25) is 0 Å². The second-order valence-corrected chi connectivity index (χ2v) is 4.15. The second-order valence-electron chi connectivity index (χ2n) is 4.15. The minimum Gasteiger partial charge on any atom is -0.508 e. The fourth-order valence-electron chi connectivity index (χ4n) is 1.75. The maximum absolute atomic E-state index is 10.7. The molecule has 0 unspecified atom stereocenters. The van der Waals surface area contributed by atoms with Crippen LogP contribution in [0.5, 0.6) is 17.2 Å². The lowest BCUT2D eigenvalue weighted by atomic mass is 10.2. The van der Waals surface area contributed by atoms with Gasteiger partial charge in [0, 0.05) is 18.2 Å². The Morgan fingerprint density at radius 1 is 1.25 bits per heavy atom. The van der Waals surface area contributed by atoms with E-state index >= 15 is 0 Å². The molecule has 0 atom stereocenters. The largest absolute Gasteiger partial charge is 0.508 e. The second kappa shape index (κ2) is 5.28. The lowest BCUT2D eigenvalue weighted by Gasteiger charge is -2.07. The molecule has 0 fully saturated rings. The highest BCUT2D eigenvalue weighted by atomic mass is 16.6. The summed E-state index contributed by atoms with van der Waals surface area (Å²) in [6.07, 6.45) is 0. The molecule has 100 valence electrons. The lowest BCUT2D eigenvalue weighted by molar-refractivity contribution is -0.385. The predicted octanol–water partition coefficient (Wildman–Crippen LogP) is 3.27. The number of aryl methyl sites for hydroxylation is 1. The Hall–Kier alpha value is -3.07. The standard InChI is InChI=1S/C14H10N2O4/c1-9-4-11(17)7-13(5-9)20-12-2-3-14(16(18)19)10(6-12)8-15/h2-7,17H,1H3. The van der Waals surface area contributed by atoms with Gasteiger partial charge in [0.1, 0.15) is 28.9 Å². The van der Waals surface area contributed by atoms with Crippen molar-refractivity contribution in [2.75, 3.05) is 0 Å². The predicted molar refractivity (Wildman–Crippen MR) is 70.7 cm³/mol. The number of aromatic hydroxyl groups is 1. The zero-order valence-corrected chi connectivity index (χ0v) is 10.5. The smallest absolute Gasteiger partial charge is 0.287 e. The highest BCUT2D eigenvalue weighted by Gasteiger charge is 2.14. The summed E-state index contributed by atoms with van der Waals surface area (Å²) >= 11 is 0. The van der Waals surface area contributed by atoms with Crippen LogP contribution in [0, 0.1) is 28.4 Å². The van der Waals surface area contributed by atoms with Gasteiger partial charge in [-0.2, -0.15) is 5.26 Å². The topological polar surface area (TPSA) is 96.4 Å². The van der Waals surface area contributed by atoms with Gasteiger partial charge in [-0.1, -0.05) is 0 Å². The number of phenolic OH excluding ortho intramolecular Hbond substituents is 1. The fraction of sp³-hybridized carbons (Fsp3) is 0.0714. The molecular weight excluding hydrogens is 260 g/mol. The Balaban J connectivity index is 2.35. The van der Waals surface area contributed by atoms with E-state index in [1.165, 1.54) is 24.3 Å². The molecule has 0 bridgehead atoms. The van der Waals surface area contributed by atoms with E-state index in [-0.39, 0.29) is 22.7 Å². The molecule has 0 aliphatic rings. The van der Waals surface area contributed by atoms with Crippen LogP contribution in [0.2, 0.25) is 0 Å². The number of phenols is 1. The van der Waals surface area contributed by atoms with Crippen molar-refractivity contribution in [2.24, 2.45) is 0 Å². The van der Waals surface area contributed by atoms with E-state index in [2.05, 4.69) is 0 Å². The van der Waals surface area contributed by atoms with Crippen molar-refractivity contribution in [3.05, 3.63) is 57.6 Å². The molecule has 0 aliphatic carbocycles. The van der Waals surface area contributed by atoms with E-state index in [0.717, 1.165) is 5.56 Å². The summed E-state index contributed by atoms with van der Waals surface area (Å²) in [6, 6.07) is 10.3. The van der Waals surface area contributed by atoms with E-state index in [0.29, 0.717) is 5.75 Å². The number of nitrogens with zero attached hydrogens (tertiary/aromatic N) is 2. The first-order valence-corrected chi connectivity index (χ1v) is 5.66. The van der Waals surface area contributed by atoms with E-state index in [1.807, 2.05) is 0 Å². The van der Waals surface area contributed by atoms with Crippen molar-refractivity contribution >= 4 is 5.69 Å². The lowest BCUT2D eigenvalue weighted by Crippen LogP contribution is -1.93. The molecule has 0 saturated carbocycles. The van der Waals surface area contributed by atoms with Crippen LogP contribution in [-0.2, 0) is 0 Å². The molecule has 0 aromatic heterocycles. The van der Waals surface area contributed by atoms with Gasteiger partial charge in [0.25, 0.3) is 5.69 Å². The number of hydrogen-bond donors (Lipinski definition) is 1. The van der Waals surface area contributed by atoms with Crippen LogP contribution in [0.3, 0.4) is 0 Å². The Morgan fingerprint density at radius 3 is 2.60 bits per heavy atom. The van der Waals surface area contributed by atoms with Crippen molar-refractivity contribution in [1.29, 1.82) is 5.26 Å². The van der Waals surface area contributed by atoms with Crippen molar-refractivity contribution in [1.82, 2.24) is 0 Å². The Bertz CT molecular complexity index is 699. The van der Waals surface area contributed by atoms with Crippen LogP contribution < -0.4 is 4.74 Å². The monoisotopic (exact) mass is 270 g/mol. The van der Waals surface area contributed by atoms with Crippen LogP contribution in [-0.4, -0.2) is 10.0 Å². The number of rotatable bonds is 3. The van der Waals surface area contributed by atoms with E-state index < -0.39 is 4.92 Å². The first-order valence-electron chi connectivity index (χ1n) is 5.66.